The fraction of sp³-hybridized carbons (Fsp3) is 0.500. The Morgan fingerprint density at radius 1 is 1.14 bits per heavy atom. The van der Waals surface area contributed by atoms with E-state index in [0.717, 1.165) is 19.3 Å². The number of carbonyl (C=O) groups is 2. The van der Waals surface area contributed by atoms with Gasteiger partial charge in [0.05, 0.1) is 37.5 Å². The quantitative estimate of drug-likeness (QED) is 0.467. The van der Waals surface area contributed by atoms with Gasteiger partial charge in [-0.05, 0) is 55.5 Å². The van der Waals surface area contributed by atoms with Crippen LogP contribution in [0.2, 0.25) is 0 Å². The van der Waals surface area contributed by atoms with Crippen LogP contribution in [0.15, 0.2) is 42.5 Å². The Balaban J connectivity index is 1.32. The number of hydrogen-bond acceptors (Lipinski definition) is 6. The second-order valence-corrected chi connectivity index (χ2v) is 9.43. The number of aliphatic hydroxyl groups excluding tert-OH is 1. The maximum atomic E-state index is 13.1. The van der Waals surface area contributed by atoms with E-state index in [2.05, 4.69) is 34.9 Å². The predicted molar refractivity (Wildman–Crippen MR) is 138 cm³/mol. The maximum absolute atomic E-state index is 13.1. The number of carbonyl (C=O) groups excluding carboxylic acids is 2. The Labute approximate surface area is 213 Å². The highest BCUT2D eigenvalue weighted by atomic mass is 16.5. The molecule has 0 radical (unpaired) electrons. The number of nitrogens with one attached hydrogen (secondary N) is 2. The number of benzene rings is 2. The molecule has 3 N–H and O–H groups in total. The average molecular weight is 496 g/mol. The largest absolute Gasteiger partial charge is 0.493 e. The molecule has 1 aliphatic heterocycles. The van der Waals surface area contributed by atoms with Crippen LogP contribution in [0.1, 0.15) is 52.1 Å². The molecular weight excluding hydrogens is 458 g/mol. The van der Waals surface area contributed by atoms with Crippen molar-refractivity contribution in [2.24, 2.45) is 0 Å². The van der Waals surface area contributed by atoms with Gasteiger partial charge in [0.15, 0.2) is 0 Å². The summed E-state index contributed by atoms with van der Waals surface area (Å²) in [7, 11) is 0. The van der Waals surface area contributed by atoms with Crippen LogP contribution >= 0.6 is 0 Å². The highest BCUT2D eigenvalue weighted by Gasteiger charge is 2.28. The first-order valence-corrected chi connectivity index (χ1v) is 12.9. The molecular formula is C28H37N3O5. The van der Waals surface area contributed by atoms with Crippen molar-refractivity contribution in [3.63, 3.8) is 0 Å². The van der Waals surface area contributed by atoms with Gasteiger partial charge >= 0.3 is 0 Å². The van der Waals surface area contributed by atoms with Crippen LogP contribution in [0, 0.1) is 0 Å². The third-order valence-electron chi connectivity index (χ3n) is 6.92. The predicted octanol–water partition coefficient (Wildman–Crippen LogP) is 2.18. The molecule has 2 aromatic carbocycles. The molecule has 2 unspecified atom stereocenters. The van der Waals surface area contributed by atoms with Crippen LogP contribution in [0.4, 0.5) is 0 Å². The summed E-state index contributed by atoms with van der Waals surface area (Å²) in [6, 6.07) is 13.6. The number of amides is 2. The van der Waals surface area contributed by atoms with Gasteiger partial charge < -0.3 is 30.1 Å². The number of aliphatic hydroxyl groups is 1. The van der Waals surface area contributed by atoms with E-state index in [1.807, 2.05) is 18.7 Å². The van der Waals surface area contributed by atoms with Crippen molar-refractivity contribution in [3.05, 3.63) is 64.7 Å². The molecule has 8 nitrogen and oxygen atoms in total. The molecule has 2 aliphatic rings. The Hall–Kier alpha value is -2.94. The topological polar surface area (TPSA) is 100 Å². The fourth-order valence-electron chi connectivity index (χ4n) is 4.93. The summed E-state index contributed by atoms with van der Waals surface area (Å²) in [5.41, 5.74) is 3.52. The van der Waals surface area contributed by atoms with E-state index >= 15 is 0 Å². The van der Waals surface area contributed by atoms with Crippen molar-refractivity contribution in [2.45, 2.75) is 51.3 Å². The molecule has 1 heterocycles. The molecule has 1 saturated heterocycles. The van der Waals surface area contributed by atoms with Crippen molar-refractivity contribution < 1.29 is 24.2 Å². The molecule has 1 fully saturated rings. The third kappa shape index (κ3) is 6.24. The van der Waals surface area contributed by atoms with Crippen molar-refractivity contribution in [1.29, 1.82) is 0 Å². The SMILES string of the molecule is CCOc1cc(C(=O)N2CCOCC2CC)ccc1C(=O)NCC(O)CNC1Cc2ccccc2C1. The number of hydrogen-bond donors (Lipinski definition) is 3. The number of fused-ring (bicyclic) bond motifs is 1. The molecule has 0 bridgehead atoms. The lowest BCUT2D eigenvalue weighted by atomic mass is 10.1. The summed E-state index contributed by atoms with van der Waals surface area (Å²) in [5, 5.41) is 16.6. The van der Waals surface area contributed by atoms with Crippen LogP contribution in [-0.2, 0) is 17.6 Å². The normalized spacial score (nSPS) is 18.5. The number of ether oxygens (including phenoxy) is 2. The van der Waals surface area contributed by atoms with Gasteiger partial charge in [-0.3, -0.25) is 9.59 Å². The first kappa shape index (κ1) is 26.1. The Morgan fingerprint density at radius 3 is 2.58 bits per heavy atom. The number of nitrogens with zero attached hydrogens (tertiary/aromatic N) is 1. The van der Waals surface area contributed by atoms with Gasteiger partial charge in [-0.15, -0.1) is 0 Å². The minimum Gasteiger partial charge on any atom is -0.493 e. The lowest BCUT2D eigenvalue weighted by molar-refractivity contribution is -0.00281. The molecule has 2 amide bonds. The van der Waals surface area contributed by atoms with E-state index < -0.39 is 6.10 Å². The lowest BCUT2D eigenvalue weighted by Crippen LogP contribution is -2.48. The monoisotopic (exact) mass is 495 g/mol. The van der Waals surface area contributed by atoms with Crippen LogP contribution < -0.4 is 15.4 Å². The molecule has 0 spiro atoms. The average Bonchev–Trinajstić information content (AvgIpc) is 3.33. The zero-order chi connectivity index (χ0) is 25.5. The molecule has 0 aromatic heterocycles. The van der Waals surface area contributed by atoms with Crippen LogP contribution in [0.25, 0.3) is 0 Å². The van der Waals surface area contributed by atoms with Crippen molar-refractivity contribution in [1.82, 2.24) is 15.5 Å². The van der Waals surface area contributed by atoms with Gasteiger partial charge in [0.25, 0.3) is 11.8 Å². The van der Waals surface area contributed by atoms with Gasteiger partial charge in [-0.1, -0.05) is 31.2 Å². The first-order valence-electron chi connectivity index (χ1n) is 12.9. The highest BCUT2D eigenvalue weighted by Crippen LogP contribution is 2.24. The minimum absolute atomic E-state index is 0.0401. The zero-order valence-electron chi connectivity index (χ0n) is 21.2. The fourth-order valence-corrected chi connectivity index (χ4v) is 4.93. The van der Waals surface area contributed by atoms with Crippen molar-refractivity contribution in [2.75, 3.05) is 39.5 Å². The third-order valence-corrected chi connectivity index (χ3v) is 6.92. The first-order chi connectivity index (χ1) is 17.5. The van der Waals surface area contributed by atoms with Crippen LogP contribution in [0.5, 0.6) is 5.75 Å². The van der Waals surface area contributed by atoms with Gasteiger partial charge in [0, 0.05) is 31.2 Å². The summed E-state index contributed by atoms with van der Waals surface area (Å²) in [5.74, 6) is -0.0744. The Kier molecular flexibility index (Phi) is 8.96. The summed E-state index contributed by atoms with van der Waals surface area (Å²) in [6.45, 7) is 6.34. The minimum atomic E-state index is -0.721. The molecule has 0 saturated carbocycles. The molecule has 2 atom stereocenters. The molecule has 4 rings (SSSR count). The Morgan fingerprint density at radius 2 is 1.89 bits per heavy atom. The molecule has 1 aliphatic carbocycles. The van der Waals surface area contributed by atoms with E-state index in [4.69, 9.17) is 9.47 Å². The summed E-state index contributed by atoms with van der Waals surface area (Å²) >= 11 is 0. The number of morpholine rings is 1. The molecule has 2 aromatic rings. The summed E-state index contributed by atoms with van der Waals surface area (Å²) in [4.78, 5) is 27.9. The second kappa shape index (κ2) is 12.3. The smallest absolute Gasteiger partial charge is 0.255 e. The van der Waals surface area contributed by atoms with Crippen molar-refractivity contribution >= 4 is 11.8 Å². The lowest BCUT2D eigenvalue weighted by Gasteiger charge is -2.35. The van der Waals surface area contributed by atoms with Crippen LogP contribution in [-0.4, -0.2) is 79.5 Å². The zero-order valence-corrected chi connectivity index (χ0v) is 21.2. The van der Waals surface area contributed by atoms with E-state index in [1.54, 1.807) is 18.2 Å². The standard InChI is InChI=1S/C28H37N3O5/c1-3-23-18-35-12-11-31(23)28(34)21-9-10-25(26(15-21)36-4-2)27(33)30-17-24(32)16-29-22-13-19-7-5-6-8-20(19)14-22/h5-10,15,22-24,29,32H,3-4,11-14,16-18H2,1-2H3,(H,30,33). The van der Waals surface area contributed by atoms with Crippen molar-refractivity contribution in [3.8, 4) is 5.75 Å². The molecule has 8 heteroatoms. The van der Waals surface area contributed by atoms with Gasteiger partial charge in [-0.2, -0.15) is 0 Å². The van der Waals surface area contributed by atoms with E-state index in [-0.39, 0.29) is 24.4 Å². The van der Waals surface area contributed by atoms with Gasteiger partial charge in [0.1, 0.15) is 5.75 Å². The molecule has 36 heavy (non-hydrogen) atoms. The van der Waals surface area contributed by atoms with E-state index in [1.165, 1.54) is 11.1 Å². The van der Waals surface area contributed by atoms with E-state index in [9.17, 15) is 14.7 Å². The molecule has 194 valence electrons. The maximum Gasteiger partial charge on any atom is 0.255 e. The van der Waals surface area contributed by atoms with E-state index in [0.29, 0.717) is 55.8 Å². The second-order valence-electron chi connectivity index (χ2n) is 9.43. The van der Waals surface area contributed by atoms with Gasteiger partial charge in [0.2, 0.25) is 0 Å². The highest BCUT2D eigenvalue weighted by molar-refractivity contribution is 6.00. The van der Waals surface area contributed by atoms with Crippen LogP contribution in [0.3, 0.4) is 0 Å². The van der Waals surface area contributed by atoms with Gasteiger partial charge in [-0.25, -0.2) is 0 Å². The Bertz CT molecular complexity index is 1030. The number of rotatable bonds is 10. The summed E-state index contributed by atoms with van der Waals surface area (Å²) < 4.78 is 11.2. The summed E-state index contributed by atoms with van der Waals surface area (Å²) in [6.07, 6.45) is 1.99.